The topological polar surface area (TPSA) is 20.2 Å². The Bertz CT molecular complexity index is 242. The Balaban J connectivity index is 1.97. The summed E-state index contributed by atoms with van der Waals surface area (Å²) in [6.07, 6.45) is 2.24. The summed E-state index contributed by atoms with van der Waals surface area (Å²) in [7, 11) is 0. The van der Waals surface area contributed by atoms with Gasteiger partial charge in [-0.1, -0.05) is 30.3 Å². The highest BCUT2D eigenvalue weighted by Crippen LogP contribution is 2.49. The van der Waals surface area contributed by atoms with Crippen molar-refractivity contribution < 1.29 is 5.11 Å². The van der Waals surface area contributed by atoms with Gasteiger partial charge in [-0.3, -0.25) is 0 Å². The monoisotopic (exact) mass is 162 g/mol. The first kappa shape index (κ1) is 7.81. The SMILES string of the molecule is OCC[C@H]1C[C@H]1c1ccccc1. The highest BCUT2D eigenvalue weighted by molar-refractivity contribution is 5.25. The quantitative estimate of drug-likeness (QED) is 0.722. The zero-order valence-electron chi connectivity index (χ0n) is 7.11. The van der Waals surface area contributed by atoms with Gasteiger partial charge in [0, 0.05) is 6.61 Å². The molecule has 0 radical (unpaired) electrons. The molecule has 0 aliphatic heterocycles. The van der Waals surface area contributed by atoms with E-state index in [1.54, 1.807) is 0 Å². The third-order valence-electron chi connectivity index (χ3n) is 2.65. The molecule has 0 aromatic heterocycles. The van der Waals surface area contributed by atoms with Gasteiger partial charge >= 0.3 is 0 Å². The fourth-order valence-electron chi connectivity index (χ4n) is 1.84. The summed E-state index contributed by atoms with van der Waals surface area (Å²) in [5.41, 5.74) is 1.44. The van der Waals surface area contributed by atoms with Crippen molar-refractivity contribution in [2.24, 2.45) is 5.92 Å². The molecule has 1 fully saturated rings. The summed E-state index contributed by atoms with van der Waals surface area (Å²) in [6.45, 7) is 0.341. The molecule has 1 nitrogen and oxygen atoms in total. The van der Waals surface area contributed by atoms with Gasteiger partial charge in [-0.2, -0.15) is 0 Å². The molecule has 1 aromatic rings. The Labute approximate surface area is 73.0 Å². The van der Waals surface area contributed by atoms with Crippen LogP contribution in [0.1, 0.15) is 24.3 Å². The molecule has 1 aliphatic rings. The fraction of sp³-hybridized carbons (Fsp3) is 0.455. The van der Waals surface area contributed by atoms with Crippen LogP contribution in [-0.2, 0) is 0 Å². The lowest BCUT2D eigenvalue weighted by molar-refractivity contribution is 0.279. The average molecular weight is 162 g/mol. The van der Waals surface area contributed by atoms with Crippen LogP contribution in [0.2, 0.25) is 0 Å². The van der Waals surface area contributed by atoms with Gasteiger partial charge in [0.15, 0.2) is 0 Å². The molecule has 0 heterocycles. The molecule has 0 saturated heterocycles. The fourth-order valence-corrected chi connectivity index (χ4v) is 1.84. The highest BCUT2D eigenvalue weighted by Gasteiger charge is 2.36. The first-order valence-corrected chi connectivity index (χ1v) is 4.57. The van der Waals surface area contributed by atoms with Crippen LogP contribution in [0.4, 0.5) is 0 Å². The summed E-state index contributed by atoms with van der Waals surface area (Å²) in [5, 5.41) is 8.74. The Morgan fingerprint density at radius 1 is 1.25 bits per heavy atom. The van der Waals surface area contributed by atoms with Gasteiger partial charge in [-0.05, 0) is 30.2 Å². The van der Waals surface area contributed by atoms with Crippen molar-refractivity contribution in [3.63, 3.8) is 0 Å². The minimum atomic E-state index is 0.341. The van der Waals surface area contributed by atoms with Crippen LogP contribution in [-0.4, -0.2) is 11.7 Å². The third-order valence-corrected chi connectivity index (χ3v) is 2.65. The van der Waals surface area contributed by atoms with Gasteiger partial charge in [0.2, 0.25) is 0 Å². The summed E-state index contributed by atoms with van der Waals surface area (Å²) in [4.78, 5) is 0. The highest BCUT2D eigenvalue weighted by atomic mass is 16.3. The molecule has 0 unspecified atom stereocenters. The van der Waals surface area contributed by atoms with Crippen molar-refractivity contribution in [2.45, 2.75) is 18.8 Å². The molecule has 1 aromatic carbocycles. The summed E-state index contributed by atoms with van der Waals surface area (Å²) >= 11 is 0. The van der Waals surface area contributed by atoms with Gasteiger partial charge in [0.25, 0.3) is 0 Å². The van der Waals surface area contributed by atoms with E-state index >= 15 is 0 Å². The van der Waals surface area contributed by atoms with E-state index < -0.39 is 0 Å². The normalized spacial score (nSPS) is 27.1. The predicted octanol–water partition coefficient (Wildman–Crippen LogP) is 2.17. The lowest BCUT2D eigenvalue weighted by Crippen LogP contribution is -1.87. The van der Waals surface area contributed by atoms with Crippen LogP contribution in [0, 0.1) is 5.92 Å². The van der Waals surface area contributed by atoms with Crippen molar-refractivity contribution in [1.29, 1.82) is 0 Å². The minimum Gasteiger partial charge on any atom is -0.396 e. The molecule has 1 aliphatic carbocycles. The Kier molecular flexibility index (Phi) is 2.13. The van der Waals surface area contributed by atoms with Gasteiger partial charge in [0.05, 0.1) is 0 Å². The van der Waals surface area contributed by atoms with Crippen molar-refractivity contribution in [3.05, 3.63) is 35.9 Å². The predicted molar refractivity (Wildman–Crippen MR) is 49.0 cm³/mol. The second-order valence-corrected chi connectivity index (χ2v) is 3.53. The Morgan fingerprint density at radius 3 is 2.67 bits per heavy atom. The first-order chi connectivity index (χ1) is 5.92. The summed E-state index contributed by atoms with van der Waals surface area (Å²) in [5.74, 6) is 1.48. The van der Waals surface area contributed by atoms with Crippen LogP contribution in [0.25, 0.3) is 0 Å². The van der Waals surface area contributed by atoms with Crippen LogP contribution in [0.3, 0.4) is 0 Å². The van der Waals surface area contributed by atoms with E-state index in [4.69, 9.17) is 5.11 Å². The first-order valence-electron chi connectivity index (χ1n) is 4.57. The number of benzene rings is 1. The molecule has 1 saturated carbocycles. The maximum absolute atomic E-state index is 8.74. The van der Waals surface area contributed by atoms with E-state index in [1.165, 1.54) is 12.0 Å². The maximum atomic E-state index is 8.74. The minimum absolute atomic E-state index is 0.341. The van der Waals surface area contributed by atoms with E-state index in [0.717, 1.165) is 18.3 Å². The number of rotatable bonds is 3. The lowest BCUT2D eigenvalue weighted by atomic mass is 10.1. The zero-order valence-corrected chi connectivity index (χ0v) is 7.11. The van der Waals surface area contributed by atoms with Gasteiger partial charge in [-0.25, -0.2) is 0 Å². The molecular formula is C11H14O. The van der Waals surface area contributed by atoms with Crippen LogP contribution in [0.5, 0.6) is 0 Å². The van der Waals surface area contributed by atoms with Gasteiger partial charge < -0.3 is 5.11 Å². The molecule has 1 heteroatoms. The second kappa shape index (κ2) is 3.28. The van der Waals surface area contributed by atoms with Crippen molar-refractivity contribution in [1.82, 2.24) is 0 Å². The molecule has 0 spiro atoms. The maximum Gasteiger partial charge on any atom is 0.0433 e. The summed E-state index contributed by atoms with van der Waals surface area (Å²) < 4.78 is 0. The van der Waals surface area contributed by atoms with E-state index in [2.05, 4.69) is 24.3 Å². The number of aliphatic hydroxyl groups is 1. The number of hydrogen-bond donors (Lipinski definition) is 1. The van der Waals surface area contributed by atoms with E-state index in [1.807, 2.05) is 6.07 Å². The van der Waals surface area contributed by atoms with E-state index in [9.17, 15) is 0 Å². The molecule has 12 heavy (non-hydrogen) atoms. The largest absolute Gasteiger partial charge is 0.396 e. The van der Waals surface area contributed by atoms with E-state index in [0.29, 0.717) is 6.61 Å². The van der Waals surface area contributed by atoms with Crippen molar-refractivity contribution >= 4 is 0 Å². The summed E-state index contributed by atoms with van der Waals surface area (Å²) in [6, 6.07) is 10.6. The molecule has 0 bridgehead atoms. The molecule has 1 N–H and O–H groups in total. The molecular weight excluding hydrogens is 148 g/mol. The molecule has 64 valence electrons. The zero-order chi connectivity index (χ0) is 8.39. The smallest absolute Gasteiger partial charge is 0.0433 e. The lowest BCUT2D eigenvalue weighted by Gasteiger charge is -1.97. The molecule has 2 atom stereocenters. The molecule has 2 rings (SSSR count). The van der Waals surface area contributed by atoms with Gasteiger partial charge in [0.1, 0.15) is 0 Å². The van der Waals surface area contributed by atoms with Crippen LogP contribution < -0.4 is 0 Å². The third kappa shape index (κ3) is 1.51. The van der Waals surface area contributed by atoms with Crippen molar-refractivity contribution in [2.75, 3.05) is 6.61 Å². The Hall–Kier alpha value is -0.820. The van der Waals surface area contributed by atoms with E-state index in [-0.39, 0.29) is 0 Å². The number of hydrogen-bond acceptors (Lipinski definition) is 1. The second-order valence-electron chi connectivity index (χ2n) is 3.53. The number of aliphatic hydroxyl groups excluding tert-OH is 1. The average Bonchev–Trinajstić information content (AvgIpc) is 2.87. The van der Waals surface area contributed by atoms with Crippen LogP contribution in [0.15, 0.2) is 30.3 Å². The van der Waals surface area contributed by atoms with Crippen molar-refractivity contribution in [3.8, 4) is 0 Å². The Morgan fingerprint density at radius 2 is 2.00 bits per heavy atom. The van der Waals surface area contributed by atoms with Crippen LogP contribution >= 0.6 is 0 Å². The molecule has 0 amide bonds. The van der Waals surface area contributed by atoms with Gasteiger partial charge in [-0.15, -0.1) is 0 Å². The standard InChI is InChI=1S/C11H14O/c12-7-6-10-8-11(10)9-4-2-1-3-5-9/h1-5,10-12H,6-8H2/t10-,11-/m0/s1.